The summed E-state index contributed by atoms with van der Waals surface area (Å²) in [5.74, 6) is 3.20. The average Bonchev–Trinajstić information content (AvgIpc) is 3.50. The van der Waals surface area contributed by atoms with Crippen molar-refractivity contribution in [3.05, 3.63) is 29.8 Å². The minimum atomic E-state index is 0.293. The minimum absolute atomic E-state index is 0.293. The van der Waals surface area contributed by atoms with Gasteiger partial charge in [0.05, 0.1) is 6.61 Å². The molecule has 2 aliphatic carbocycles. The second kappa shape index (κ2) is 11.5. The molecule has 7 nitrogen and oxygen atoms in total. The molecule has 1 aromatic carbocycles. The van der Waals surface area contributed by atoms with Gasteiger partial charge in [-0.1, -0.05) is 31.0 Å². The molecule has 1 saturated heterocycles. The number of aliphatic imine (C=N–C) groups is 1. The molecule has 3 aliphatic rings. The number of ether oxygens (including phenoxy) is 1. The maximum atomic E-state index is 12.6. The maximum absolute atomic E-state index is 12.6. The fourth-order valence-electron chi connectivity index (χ4n) is 4.64. The lowest BCUT2D eigenvalue weighted by Gasteiger charge is -2.36. The van der Waals surface area contributed by atoms with Crippen molar-refractivity contribution in [1.29, 1.82) is 0 Å². The van der Waals surface area contributed by atoms with Crippen LogP contribution in [-0.2, 0) is 11.3 Å². The number of para-hydroxylation sites is 1. The van der Waals surface area contributed by atoms with E-state index in [0.717, 1.165) is 81.9 Å². The Balaban J connectivity index is 1.14. The Kier molecular flexibility index (Phi) is 8.26. The summed E-state index contributed by atoms with van der Waals surface area (Å²) in [6, 6.07) is 8.23. The van der Waals surface area contributed by atoms with E-state index < -0.39 is 0 Å². The van der Waals surface area contributed by atoms with Crippen molar-refractivity contribution in [2.24, 2.45) is 16.8 Å². The summed E-state index contributed by atoms with van der Waals surface area (Å²) in [5.41, 5.74) is 1.15. The fraction of sp³-hybridized carbons (Fsp3) is 0.680. The number of guanidine groups is 1. The van der Waals surface area contributed by atoms with E-state index in [0.29, 0.717) is 18.4 Å². The first-order chi connectivity index (χ1) is 15.7. The highest BCUT2D eigenvalue weighted by molar-refractivity contribution is 5.80. The number of hydrogen-bond acceptors (Lipinski definition) is 4. The zero-order chi connectivity index (χ0) is 22.2. The standard InChI is InChI=1S/C25H39N5O2/c1-26-25(28-18-22-8-4-5-9-23(22)32-19-20-10-11-20)27-12-13-29-14-16-30(17-15-29)24(31)21-6-2-3-7-21/h4-5,8-9,20-21H,2-3,6-7,10-19H2,1H3,(H2,26,27,28). The number of piperazine rings is 1. The Morgan fingerprint density at radius 1 is 1.06 bits per heavy atom. The highest BCUT2D eigenvalue weighted by Gasteiger charge is 2.29. The largest absolute Gasteiger partial charge is 0.493 e. The third-order valence-electron chi connectivity index (χ3n) is 6.92. The molecule has 0 aromatic heterocycles. The molecule has 1 aromatic rings. The van der Waals surface area contributed by atoms with E-state index in [2.05, 4.69) is 31.5 Å². The molecule has 0 atom stereocenters. The summed E-state index contributed by atoms with van der Waals surface area (Å²) in [7, 11) is 1.80. The Morgan fingerprint density at radius 2 is 1.81 bits per heavy atom. The molecular weight excluding hydrogens is 402 g/mol. The van der Waals surface area contributed by atoms with Crippen molar-refractivity contribution in [1.82, 2.24) is 20.4 Å². The molecule has 1 aliphatic heterocycles. The van der Waals surface area contributed by atoms with E-state index in [4.69, 9.17) is 4.74 Å². The number of nitrogens with zero attached hydrogens (tertiary/aromatic N) is 3. The van der Waals surface area contributed by atoms with E-state index in [1.165, 1.54) is 25.7 Å². The molecule has 32 heavy (non-hydrogen) atoms. The monoisotopic (exact) mass is 441 g/mol. The van der Waals surface area contributed by atoms with Crippen molar-refractivity contribution >= 4 is 11.9 Å². The van der Waals surface area contributed by atoms with Crippen LogP contribution in [0.25, 0.3) is 0 Å². The van der Waals surface area contributed by atoms with Crippen molar-refractivity contribution in [3.63, 3.8) is 0 Å². The maximum Gasteiger partial charge on any atom is 0.225 e. The molecule has 2 N–H and O–H groups in total. The van der Waals surface area contributed by atoms with E-state index in [-0.39, 0.29) is 0 Å². The van der Waals surface area contributed by atoms with Crippen LogP contribution in [0.1, 0.15) is 44.1 Å². The predicted octanol–water partition coefficient (Wildman–Crippen LogP) is 2.47. The lowest BCUT2D eigenvalue weighted by molar-refractivity contribution is -0.137. The van der Waals surface area contributed by atoms with Gasteiger partial charge in [-0.25, -0.2) is 0 Å². The summed E-state index contributed by atoms with van der Waals surface area (Å²) < 4.78 is 6.01. The molecule has 0 spiro atoms. The van der Waals surface area contributed by atoms with Gasteiger partial charge in [0, 0.05) is 64.3 Å². The van der Waals surface area contributed by atoms with E-state index in [9.17, 15) is 4.79 Å². The van der Waals surface area contributed by atoms with Crippen LogP contribution in [0.5, 0.6) is 5.75 Å². The first-order valence-electron chi connectivity index (χ1n) is 12.4. The van der Waals surface area contributed by atoms with Crippen LogP contribution in [-0.4, -0.2) is 74.6 Å². The lowest BCUT2D eigenvalue weighted by atomic mass is 10.1. The predicted molar refractivity (Wildman–Crippen MR) is 128 cm³/mol. The quantitative estimate of drug-likeness (QED) is 0.455. The molecule has 0 bridgehead atoms. The van der Waals surface area contributed by atoms with Gasteiger partial charge in [0.1, 0.15) is 5.75 Å². The summed E-state index contributed by atoms with van der Waals surface area (Å²) in [5, 5.41) is 6.83. The summed E-state index contributed by atoms with van der Waals surface area (Å²) in [6.07, 6.45) is 7.21. The SMILES string of the molecule is CN=C(NCCN1CCN(C(=O)C2CCCC2)CC1)NCc1ccccc1OCC1CC1. The molecule has 2 saturated carbocycles. The summed E-state index contributed by atoms with van der Waals surface area (Å²) in [4.78, 5) is 21.5. The highest BCUT2D eigenvalue weighted by atomic mass is 16.5. The van der Waals surface area contributed by atoms with Crippen LogP contribution in [0.4, 0.5) is 0 Å². The number of carbonyl (C=O) groups excluding carboxylic acids is 1. The highest BCUT2D eigenvalue weighted by Crippen LogP contribution is 2.30. The second-order valence-electron chi connectivity index (χ2n) is 9.36. The molecule has 1 amide bonds. The van der Waals surface area contributed by atoms with Gasteiger partial charge in [-0.3, -0.25) is 14.7 Å². The van der Waals surface area contributed by atoms with Crippen LogP contribution in [0.3, 0.4) is 0 Å². The molecule has 0 unspecified atom stereocenters. The molecule has 3 fully saturated rings. The lowest BCUT2D eigenvalue weighted by Crippen LogP contribution is -2.51. The molecule has 0 radical (unpaired) electrons. The summed E-state index contributed by atoms with van der Waals surface area (Å²) >= 11 is 0. The number of rotatable bonds is 9. The van der Waals surface area contributed by atoms with Crippen LogP contribution >= 0.6 is 0 Å². The van der Waals surface area contributed by atoms with Gasteiger partial charge in [0.15, 0.2) is 5.96 Å². The summed E-state index contributed by atoms with van der Waals surface area (Å²) in [6.45, 7) is 6.92. The zero-order valence-electron chi connectivity index (χ0n) is 19.5. The molecule has 4 rings (SSSR count). The van der Waals surface area contributed by atoms with Gasteiger partial charge < -0.3 is 20.3 Å². The number of amides is 1. The van der Waals surface area contributed by atoms with Crippen LogP contribution in [0, 0.1) is 11.8 Å². The first-order valence-corrected chi connectivity index (χ1v) is 12.4. The van der Waals surface area contributed by atoms with Crippen molar-refractivity contribution in [2.75, 3.05) is 52.9 Å². The van der Waals surface area contributed by atoms with E-state index in [1.54, 1.807) is 7.05 Å². The van der Waals surface area contributed by atoms with Crippen molar-refractivity contribution in [2.45, 2.75) is 45.1 Å². The Hall–Kier alpha value is -2.28. The normalized spacial score (nSPS) is 20.4. The molecular formula is C25H39N5O2. The third kappa shape index (κ3) is 6.61. The van der Waals surface area contributed by atoms with Crippen molar-refractivity contribution < 1.29 is 9.53 Å². The molecule has 1 heterocycles. The van der Waals surface area contributed by atoms with Gasteiger partial charge in [-0.15, -0.1) is 0 Å². The number of carbonyl (C=O) groups is 1. The topological polar surface area (TPSA) is 69.2 Å². The zero-order valence-corrected chi connectivity index (χ0v) is 19.5. The fourth-order valence-corrected chi connectivity index (χ4v) is 4.64. The number of benzene rings is 1. The number of nitrogens with one attached hydrogen (secondary N) is 2. The Bertz CT molecular complexity index is 765. The Morgan fingerprint density at radius 3 is 2.53 bits per heavy atom. The minimum Gasteiger partial charge on any atom is -0.493 e. The second-order valence-corrected chi connectivity index (χ2v) is 9.36. The van der Waals surface area contributed by atoms with Gasteiger partial charge in [0.25, 0.3) is 0 Å². The Labute approximate surface area is 192 Å². The first kappa shape index (κ1) is 22.9. The number of hydrogen-bond donors (Lipinski definition) is 2. The van der Waals surface area contributed by atoms with Gasteiger partial charge in [-0.2, -0.15) is 0 Å². The average molecular weight is 442 g/mol. The van der Waals surface area contributed by atoms with Crippen LogP contribution in [0.15, 0.2) is 29.3 Å². The van der Waals surface area contributed by atoms with Gasteiger partial charge >= 0.3 is 0 Å². The third-order valence-corrected chi connectivity index (χ3v) is 6.92. The van der Waals surface area contributed by atoms with Gasteiger partial charge in [0.2, 0.25) is 5.91 Å². The van der Waals surface area contributed by atoms with Crippen LogP contribution in [0.2, 0.25) is 0 Å². The molecule has 176 valence electrons. The van der Waals surface area contributed by atoms with Gasteiger partial charge in [-0.05, 0) is 37.7 Å². The smallest absolute Gasteiger partial charge is 0.225 e. The van der Waals surface area contributed by atoms with E-state index in [1.807, 2.05) is 18.2 Å². The van der Waals surface area contributed by atoms with Crippen molar-refractivity contribution in [3.8, 4) is 5.75 Å². The van der Waals surface area contributed by atoms with Crippen LogP contribution < -0.4 is 15.4 Å². The molecule has 7 heteroatoms. The van der Waals surface area contributed by atoms with E-state index >= 15 is 0 Å².